The van der Waals surface area contributed by atoms with E-state index in [1.165, 1.54) is 11.3 Å². The van der Waals surface area contributed by atoms with Crippen LogP contribution in [-0.2, 0) is 6.42 Å². The van der Waals surface area contributed by atoms with E-state index in [1.807, 2.05) is 49.4 Å². The van der Waals surface area contributed by atoms with Crippen molar-refractivity contribution < 1.29 is 9.21 Å². The first kappa shape index (κ1) is 17.2. The van der Waals surface area contributed by atoms with Gasteiger partial charge >= 0.3 is 6.03 Å². The summed E-state index contributed by atoms with van der Waals surface area (Å²) in [6, 6.07) is 19.7. The molecule has 1 aliphatic rings. The Bertz CT molecular complexity index is 921. The number of benzene rings is 2. The summed E-state index contributed by atoms with van der Waals surface area (Å²) in [4.78, 5) is 14.7. The molecule has 1 atom stereocenters. The van der Waals surface area contributed by atoms with Crippen molar-refractivity contribution in [3.05, 3.63) is 83.8 Å². The number of urea groups is 1. The number of hydrogen-bond donors (Lipinski definition) is 2. The fourth-order valence-corrected chi connectivity index (χ4v) is 3.62. The first-order chi connectivity index (χ1) is 13.2. The zero-order valence-corrected chi connectivity index (χ0v) is 15.3. The number of carbonyl (C=O) groups excluding carboxylic acids is 1. The third-order valence-electron chi connectivity index (χ3n) is 4.90. The number of nitrogens with zero attached hydrogens (tertiary/aromatic N) is 1. The number of anilines is 2. The van der Waals surface area contributed by atoms with Gasteiger partial charge in [-0.1, -0.05) is 30.3 Å². The number of aryl methyl sites for hydroxylation is 1. The van der Waals surface area contributed by atoms with Crippen LogP contribution in [0.25, 0.3) is 0 Å². The lowest BCUT2D eigenvalue weighted by molar-refractivity contribution is 0.251. The van der Waals surface area contributed by atoms with Crippen LogP contribution < -0.4 is 15.5 Å². The Morgan fingerprint density at radius 3 is 2.85 bits per heavy atom. The molecule has 0 bridgehead atoms. The molecule has 0 saturated carbocycles. The zero-order chi connectivity index (χ0) is 18.6. The maximum absolute atomic E-state index is 12.4. The molecule has 5 heteroatoms. The number of amides is 2. The minimum atomic E-state index is -0.218. The number of fused-ring (bicyclic) bond motifs is 1. The summed E-state index contributed by atoms with van der Waals surface area (Å²) in [6.07, 6.45) is 2.68. The quantitative estimate of drug-likeness (QED) is 0.703. The SMILES string of the molecule is Cc1cccc(NC(=O)NC[C@H](c2ccco2)N2CCc3ccccc32)c1. The fraction of sp³-hybridized carbons (Fsp3) is 0.227. The number of hydrogen-bond acceptors (Lipinski definition) is 3. The van der Waals surface area contributed by atoms with Gasteiger partial charge in [0.15, 0.2) is 0 Å². The Morgan fingerprint density at radius 1 is 1.15 bits per heavy atom. The highest BCUT2D eigenvalue weighted by atomic mass is 16.3. The highest BCUT2D eigenvalue weighted by Crippen LogP contribution is 2.34. The molecule has 0 fully saturated rings. The van der Waals surface area contributed by atoms with Gasteiger partial charge < -0.3 is 20.0 Å². The lowest BCUT2D eigenvalue weighted by Gasteiger charge is -2.29. The summed E-state index contributed by atoms with van der Waals surface area (Å²) in [7, 11) is 0. The third kappa shape index (κ3) is 3.82. The Kier molecular flexibility index (Phi) is 4.83. The maximum Gasteiger partial charge on any atom is 0.319 e. The number of carbonyl (C=O) groups is 1. The molecule has 3 aromatic rings. The topological polar surface area (TPSA) is 57.5 Å². The van der Waals surface area contributed by atoms with Gasteiger partial charge in [-0.3, -0.25) is 0 Å². The van der Waals surface area contributed by atoms with E-state index in [-0.39, 0.29) is 12.1 Å². The van der Waals surface area contributed by atoms with Gasteiger partial charge in [0, 0.05) is 24.5 Å². The van der Waals surface area contributed by atoms with E-state index in [0.717, 1.165) is 30.0 Å². The second-order valence-corrected chi connectivity index (χ2v) is 6.81. The molecule has 1 aliphatic heterocycles. The number of para-hydroxylation sites is 1. The van der Waals surface area contributed by atoms with Gasteiger partial charge in [0.1, 0.15) is 11.8 Å². The van der Waals surface area contributed by atoms with Crippen molar-refractivity contribution in [2.75, 3.05) is 23.3 Å². The molecule has 1 aromatic heterocycles. The molecule has 138 valence electrons. The first-order valence-electron chi connectivity index (χ1n) is 9.20. The van der Waals surface area contributed by atoms with Gasteiger partial charge in [0.25, 0.3) is 0 Å². The average molecular weight is 361 g/mol. The summed E-state index contributed by atoms with van der Waals surface area (Å²) < 4.78 is 5.68. The van der Waals surface area contributed by atoms with Gasteiger partial charge in [0.2, 0.25) is 0 Å². The molecule has 2 amide bonds. The van der Waals surface area contributed by atoms with Crippen LogP contribution in [0, 0.1) is 6.92 Å². The lowest BCUT2D eigenvalue weighted by Crippen LogP contribution is -2.39. The van der Waals surface area contributed by atoms with Crippen LogP contribution in [0.2, 0.25) is 0 Å². The van der Waals surface area contributed by atoms with Crippen LogP contribution in [-0.4, -0.2) is 19.1 Å². The monoisotopic (exact) mass is 361 g/mol. The van der Waals surface area contributed by atoms with Crippen LogP contribution in [0.15, 0.2) is 71.3 Å². The molecule has 0 radical (unpaired) electrons. The van der Waals surface area contributed by atoms with Crippen LogP contribution in [0.1, 0.15) is 22.9 Å². The van der Waals surface area contributed by atoms with Gasteiger partial charge in [-0.2, -0.15) is 0 Å². The molecule has 27 heavy (non-hydrogen) atoms. The molecule has 5 nitrogen and oxygen atoms in total. The van der Waals surface area contributed by atoms with Crippen molar-refractivity contribution in [2.24, 2.45) is 0 Å². The Balaban J connectivity index is 1.47. The standard InChI is InChI=1S/C22H23N3O2/c1-16-6-4-8-18(14-16)24-22(26)23-15-20(21-10-5-13-27-21)25-12-11-17-7-2-3-9-19(17)25/h2-10,13-14,20H,11-12,15H2,1H3,(H2,23,24,26)/t20-/m1/s1. The number of furan rings is 1. The summed E-state index contributed by atoms with van der Waals surface area (Å²) in [6.45, 7) is 3.37. The summed E-state index contributed by atoms with van der Waals surface area (Å²) in [5.74, 6) is 0.850. The molecule has 0 aliphatic carbocycles. The predicted octanol–water partition coefficient (Wildman–Crippen LogP) is 4.51. The van der Waals surface area contributed by atoms with Gasteiger partial charge in [-0.05, 0) is 54.8 Å². The van der Waals surface area contributed by atoms with Crippen molar-refractivity contribution in [1.29, 1.82) is 0 Å². The zero-order valence-electron chi connectivity index (χ0n) is 15.3. The maximum atomic E-state index is 12.4. The van der Waals surface area contributed by atoms with Crippen molar-refractivity contribution in [3.8, 4) is 0 Å². The largest absolute Gasteiger partial charge is 0.467 e. The van der Waals surface area contributed by atoms with Crippen molar-refractivity contribution >= 4 is 17.4 Å². The van der Waals surface area contributed by atoms with Crippen molar-refractivity contribution in [3.63, 3.8) is 0 Å². The predicted molar refractivity (Wildman–Crippen MR) is 107 cm³/mol. The molecular weight excluding hydrogens is 338 g/mol. The first-order valence-corrected chi connectivity index (χ1v) is 9.20. The van der Waals surface area contributed by atoms with Crippen molar-refractivity contribution in [2.45, 2.75) is 19.4 Å². The molecule has 0 unspecified atom stereocenters. The van der Waals surface area contributed by atoms with E-state index in [2.05, 4.69) is 33.7 Å². The molecule has 2 aromatic carbocycles. The second kappa shape index (κ2) is 7.58. The van der Waals surface area contributed by atoms with E-state index in [1.54, 1.807) is 6.26 Å². The highest BCUT2D eigenvalue weighted by Gasteiger charge is 2.29. The normalized spacial score (nSPS) is 13.9. The van der Waals surface area contributed by atoms with Crippen LogP contribution in [0.3, 0.4) is 0 Å². The second-order valence-electron chi connectivity index (χ2n) is 6.81. The Morgan fingerprint density at radius 2 is 2.04 bits per heavy atom. The van der Waals surface area contributed by atoms with E-state index in [0.29, 0.717) is 6.54 Å². The van der Waals surface area contributed by atoms with Crippen LogP contribution in [0.5, 0.6) is 0 Å². The molecular formula is C22H23N3O2. The third-order valence-corrected chi connectivity index (χ3v) is 4.90. The van der Waals surface area contributed by atoms with Crippen molar-refractivity contribution in [1.82, 2.24) is 5.32 Å². The van der Waals surface area contributed by atoms with Gasteiger partial charge in [-0.15, -0.1) is 0 Å². The molecule has 2 heterocycles. The molecule has 2 N–H and O–H groups in total. The number of rotatable bonds is 5. The van der Waals surface area contributed by atoms with E-state index < -0.39 is 0 Å². The summed E-state index contributed by atoms with van der Waals surface area (Å²) in [5, 5.41) is 5.89. The minimum Gasteiger partial charge on any atom is -0.467 e. The van der Waals surface area contributed by atoms with Gasteiger partial charge in [0.05, 0.1) is 6.26 Å². The molecule has 0 saturated heterocycles. The van der Waals surface area contributed by atoms with E-state index in [9.17, 15) is 4.79 Å². The van der Waals surface area contributed by atoms with Gasteiger partial charge in [-0.25, -0.2) is 4.79 Å². The Labute approximate surface area is 159 Å². The van der Waals surface area contributed by atoms with Crippen LogP contribution >= 0.6 is 0 Å². The lowest BCUT2D eigenvalue weighted by atomic mass is 10.1. The smallest absolute Gasteiger partial charge is 0.319 e. The fourth-order valence-electron chi connectivity index (χ4n) is 3.62. The molecule has 0 spiro atoms. The molecule has 4 rings (SSSR count). The number of nitrogens with one attached hydrogen (secondary N) is 2. The summed E-state index contributed by atoms with van der Waals surface area (Å²) in [5.41, 5.74) is 4.43. The average Bonchev–Trinajstić information content (AvgIpc) is 3.33. The summed E-state index contributed by atoms with van der Waals surface area (Å²) >= 11 is 0. The van der Waals surface area contributed by atoms with Crippen LogP contribution in [0.4, 0.5) is 16.2 Å². The Hall–Kier alpha value is -3.21. The minimum absolute atomic E-state index is 0.0492. The highest BCUT2D eigenvalue weighted by molar-refractivity contribution is 5.89. The van der Waals surface area contributed by atoms with E-state index >= 15 is 0 Å². The van der Waals surface area contributed by atoms with E-state index in [4.69, 9.17) is 4.42 Å².